The Hall–Kier alpha value is -0.120. The molecule has 2 fully saturated rings. The van der Waals surface area contributed by atoms with Crippen LogP contribution in [0.25, 0.3) is 0 Å². The van der Waals surface area contributed by atoms with Crippen molar-refractivity contribution in [2.45, 2.75) is 26.2 Å². The van der Waals surface area contributed by atoms with E-state index < -0.39 is 0 Å². The summed E-state index contributed by atoms with van der Waals surface area (Å²) in [5.41, 5.74) is 0. The molecule has 0 radical (unpaired) electrons. The van der Waals surface area contributed by atoms with Crippen LogP contribution in [0.1, 0.15) is 26.2 Å². The highest BCUT2D eigenvalue weighted by Crippen LogP contribution is 2.19. The maximum Gasteiger partial charge on any atom is 0.0468 e. The van der Waals surface area contributed by atoms with Gasteiger partial charge in [0.05, 0.1) is 0 Å². The van der Waals surface area contributed by atoms with Crippen LogP contribution in [0.2, 0.25) is 0 Å². The SMILES string of the molecule is CCN1CCN(CCC2CCOCC2)CC1. The minimum absolute atomic E-state index is 0.929. The number of rotatable bonds is 4. The number of piperazine rings is 1. The summed E-state index contributed by atoms with van der Waals surface area (Å²) in [7, 11) is 0. The van der Waals surface area contributed by atoms with Crippen molar-refractivity contribution in [2.24, 2.45) is 5.92 Å². The molecule has 16 heavy (non-hydrogen) atoms. The standard InChI is InChI=1S/C13H26N2O/c1-2-14-7-9-15(10-8-14)6-3-13-4-11-16-12-5-13/h13H,2-12H2,1H3. The molecule has 2 aliphatic heterocycles. The molecule has 0 aromatic rings. The first kappa shape index (κ1) is 12.3. The lowest BCUT2D eigenvalue weighted by Gasteiger charge is -2.35. The van der Waals surface area contributed by atoms with Gasteiger partial charge in [0.25, 0.3) is 0 Å². The largest absolute Gasteiger partial charge is 0.381 e. The van der Waals surface area contributed by atoms with E-state index in [2.05, 4.69) is 16.7 Å². The maximum atomic E-state index is 5.40. The van der Waals surface area contributed by atoms with Crippen LogP contribution in [-0.4, -0.2) is 62.3 Å². The summed E-state index contributed by atoms with van der Waals surface area (Å²) in [5.74, 6) is 0.929. The predicted octanol–water partition coefficient (Wildman–Crippen LogP) is 1.44. The van der Waals surface area contributed by atoms with Crippen molar-refractivity contribution in [3.63, 3.8) is 0 Å². The average molecular weight is 226 g/mol. The summed E-state index contributed by atoms with van der Waals surface area (Å²) in [4.78, 5) is 5.19. The average Bonchev–Trinajstić information content (AvgIpc) is 2.38. The van der Waals surface area contributed by atoms with Gasteiger partial charge in [-0.2, -0.15) is 0 Å². The van der Waals surface area contributed by atoms with E-state index in [1.165, 1.54) is 58.5 Å². The van der Waals surface area contributed by atoms with Gasteiger partial charge in [0.1, 0.15) is 0 Å². The van der Waals surface area contributed by atoms with E-state index in [9.17, 15) is 0 Å². The van der Waals surface area contributed by atoms with Gasteiger partial charge in [0, 0.05) is 39.4 Å². The lowest BCUT2D eigenvalue weighted by Crippen LogP contribution is -2.46. The van der Waals surface area contributed by atoms with Gasteiger partial charge in [-0.05, 0) is 38.3 Å². The molecule has 3 heteroatoms. The first-order chi connectivity index (χ1) is 7.88. The normalized spacial score (nSPS) is 26.1. The number of hydrogen-bond acceptors (Lipinski definition) is 3. The molecule has 0 amide bonds. The second kappa shape index (κ2) is 6.58. The molecular weight excluding hydrogens is 200 g/mol. The zero-order chi connectivity index (χ0) is 11.2. The second-order valence-electron chi connectivity index (χ2n) is 5.12. The summed E-state index contributed by atoms with van der Waals surface area (Å²) >= 11 is 0. The molecule has 0 N–H and O–H groups in total. The van der Waals surface area contributed by atoms with E-state index >= 15 is 0 Å². The molecule has 0 saturated carbocycles. The Morgan fingerprint density at radius 1 is 1.00 bits per heavy atom. The minimum atomic E-state index is 0.929. The summed E-state index contributed by atoms with van der Waals surface area (Å²) < 4.78 is 5.40. The summed E-state index contributed by atoms with van der Waals surface area (Å²) in [6.07, 6.45) is 3.96. The van der Waals surface area contributed by atoms with Gasteiger partial charge < -0.3 is 14.5 Å². The zero-order valence-electron chi connectivity index (χ0n) is 10.7. The van der Waals surface area contributed by atoms with Gasteiger partial charge in [-0.25, -0.2) is 0 Å². The number of nitrogens with zero attached hydrogens (tertiary/aromatic N) is 2. The highest BCUT2D eigenvalue weighted by atomic mass is 16.5. The predicted molar refractivity (Wildman–Crippen MR) is 66.7 cm³/mol. The van der Waals surface area contributed by atoms with Crippen LogP contribution in [0.3, 0.4) is 0 Å². The van der Waals surface area contributed by atoms with Gasteiger partial charge in [-0.15, -0.1) is 0 Å². The van der Waals surface area contributed by atoms with Crippen LogP contribution in [0.4, 0.5) is 0 Å². The molecule has 2 heterocycles. The van der Waals surface area contributed by atoms with Crippen LogP contribution < -0.4 is 0 Å². The molecule has 94 valence electrons. The fraction of sp³-hybridized carbons (Fsp3) is 1.00. The zero-order valence-corrected chi connectivity index (χ0v) is 10.7. The Labute approximate surface area is 99.7 Å². The van der Waals surface area contributed by atoms with Crippen LogP contribution in [-0.2, 0) is 4.74 Å². The molecule has 0 aromatic carbocycles. The van der Waals surface area contributed by atoms with Crippen molar-refractivity contribution in [3.8, 4) is 0 Å². The smallest absolute Gasteiger partial charge is 0.0468 e. The van der Waals surface area contributed by atoms with Gasteiger partial charge in [-0.1, -0.05) is 6.92 Å². The van der Waals surface area contributed by atoms with Crippen molar-refractivity contribution in [1.82, 2.24) is 9.80 Å². The van der Waals surface area contributed by atoms with Crippen molar-refractivity contribution < 1.29 is 4.74 Å². The third-order valence-electron chi connectivity index (χ3n) is 4.11. The molecule has 3 nitrogen and oxygen atoms in total. The second-order valence-corrected chi connectivity index (χ2v) is 5.12. The van der Waals surface area contributed by atoms with E-state index in [0.717, 1.165) is 19.1 Å². The van der Waals surface area contributed by atoms with Gasteiger partial charge >= 0.3 is 0 Å². The molecule has 0 bridgehead atoms. The summed E-state index contributed by atoms with van der Waals surface area (Å²) in [6, 6.07) is 0. The van der Waals surface area contributed by atoms with Crippen LogP contribution in [0.15, 0.2) is 0 Å². The van der Waals surface area contributed by atoms with Crippen molar-refractivity contribution in [2.75, 3.05) is 52.5 Å². The highest BCUT2D eigenvalue weighted by Gasteiger charge is 2.18. The Morgan fingerprint density at radius 3 is 2.25 bits per heavy atom. The van der Waals surface area contributed by atoms with E-state index in [1.54, 1.807) is 0 Å². The van der Waals surface area contributed by atoms with E-state index in [4.69, 9.17) is 4.74 Å². The molecule has 2 rings (SSSR count). The fourth-order valence-corrected chi connectivity index (χ4v) is 2.73. The van der Waals surface area contributed by atoms with Crippen molar-refractivity contribution >= 4 is 0 Å². The number of likely N-dealkylation sites (N-methyl/N-ethyl adjacent to an activating group) is 1. The van der Waals surface area contributed by atoms with E-state index in [-0.39, 0.29) is 0 Å². The van der Waals surface area contributed by atoms with Gasteiger partial charge in [0.2, 0.25) is 0 Å². The molecular formula is C13H26N2O. The molecule has 0 aromatic heterocycles. The highest BCUT2D eigenvalue weighted by molar-refractivity contribution is 4.73. The Balaban J connectivity index is 1.59. The lowest BCUT2D eigenvalue weighted by atomic mass is 9.96. The lowest BCUT2D eigenvalue weighted by molar-refractivity contribution is 0.0565. The molecule has 0 spiro atoms. The van der Waals surface area contributed by atoms with Gasteiger partial charge in [0.15, 0.2) is 0 Å². The maximum absolute atomic E-state index is 5.40. The van der Waals surface area contributed by atoms with E-state index in [0.29, 0.717) is 0 Å². The van der Waals surface area contributed by atoms with Crippen LogP contribution >= 0.6 is 0 Å². The topological polar surface area (TPSA) is 15.7 Å². The fourth-order valence-electron chi connectivity index (χ4n) is 2.73. The molecule has 0 unspecified atom stereocenters. The quantitative estimate of drug-likeness (QED) is 0.721. The van der Waals surface area contributed by atoms with Crippen molar-refractivity contribution in [1.29, 1.82) is 0 Å². The summed E-state index contributed by atoms with van der Waals surface area (Å²) in [6.45, 7) is 11.9. The molecule has 0 atom stereocenters. The minimum Gasteiger partial charge on any atom is -0.381 e. The third-order valence-corrected chi connectivity index (χ3v) is 4.11. The van der Waals surface area contributed by atoms with Crippen LogP contribution in [0.5, 0.6) is 0 Å². The summed E-state index contributed by atoms with van der Waals surface area (Å²) in [5, 5.41) is 0. The van der Waals surface area contributed by atoms with Gasteiger partial charge in [-0.3, -0.25) is 0 Å². The first-order valence-electron chi connectivity index (χ1n) is 6.91. The molecule has 2 saturated heterocycles. The third kappa shape index (κ3) is 3.72. The Bertz CT molecular complexity index is 184. The van der Waals surface area contributed by atoms with E-state index in [1.807, 2.05) is 0 Å². The Morgan fingerprint density at radius 2 is 1.62 bits per heavy atom. The van der Waals surface area contributed by atoms with Crippen LogP contribution in [0, 0.1) is 5.92 Å². The molecule has 2 aliphatic rings. The Kier molecular flexibility index (Phi) is 5.07. The monoisotopic (exact) mass is 226 g/mol. The first-order valence-corrected chi connectivity index (χ1v) is 6.91. The number of hydrogen-bond donors (Lipinski definition) is 0. The number of ether oxygens (including phenoxy) is 1. The molecule has 0 aliphatic carbocycles. The van der Waals surface area contributed by atoms with Crippen molar-refractivity contribution in [3.05, 3.63) is 0 Å².